The highest BCUT2D eigenvalue weighted by Gasteiger charge is 2.10. The van der Waals surface area contributed by atoms with Crippen molar-refractivity contribution < 1.29 is 0 Å². The van der Waals surface area contributed by atoms with Gasteiger partial charge < -0.3 is 0 Å². The second kappa shape index (κ2) is 6.82. The molecule has 0 amide bonds. The lowest BCUT2D eigenvalue weighted by Crippen LogP contribution is -2.02. The summed E-state index contributed by atoms with van der Waals surface area (Å²) in [4.78, 5) is 0. The van der Waals surface area contributed by atoms with Gasteiger partial charge >= 0.3 is 0 Å². The zero-order valence-corrected chi connectivity index (χ0v) is 11.5. The summed E-state index contributed by atoms with van der Waals surface area (Å²) in [7, 11) is 0. The first kappa shape index (κ1) is 14.3. The summed E-state index contributed by atoms with van der Waals surface area (Å²) >= 11 is 0. The molecule has 0 spiro atoms. The maximum atomic E-state index is 9.23. The molecule has 0 aromatic heterocycles. The Morgan fingerprint density at radius 2 is 1.83 bits per heavy atom. The molecule has 0 aliphatic heterocycles. The lowest BCUT2D eigenvalue weighted by atomic mass is 9.91. The molecule has 2 nitrogen and oxygen atoms in total. The molecule has 1 rings (SSSR count). The van der Waals surface area contributed by atoms with Gasteiger partial charge in [0.15, 0.2) is 0 Å². The van der Waals surface area contributed by atoms with Gasteiger partial charge in [-0.2, -0.15) is 10.5 Å². The van der Waals surface area contributed by atoms with Crippen LogP contribution in [-0.2, 0) is 19.3 Å². The van der Waals surface area contributed by atoms with E-state index < -0.39 is 0 Å². The van der Waals surface area contributed by atoms with E-state index >= 15 is 0 Å². The van der Waals surface area contributed by atoms with Gasteiger partial charge in [-0.15, -0.1) is 0 Å². The Labute approximate surface area is 110 Å². The maximum absolute atomic E-state index is 9.23. The molecule has 0 N–H and O–H groups in total. The lowest BCUT2D eigenvalue weighted by Gasteiger charge is -2.13. The van der Waals surface area contributed by atoms with Crippen molar-refractivity contribution >= 4 is 0 Å². The van der Waals surface area contributed by atoms with Crippen LogP contribution in [0, 0.1) is 28.6 Å². The van der Waals surface area contributed by atoms with Crippen LogP contribution >= 0.6 is 0 Å². The molecule has 0 bridgehead atoms. The minimum atomic E-state index is 0.437. The second-order valence-corrected chi connectivity index (χ2v) is 5.07. The standard InChI is InChI=1S/C16H20N2/c1-4-5-13-10-16(11-18)15(8-12(2)3)9-14(13)6-7-17/h9-10,12H,4-6,8H2,1-3H3. The summed E-state index contributed by atoms with van der Waals surface area (Å²) in [5.74, 6) is 0.518. The number of nitrogens with zero attached hydrogens (tertiary/aromatic N) is 2. The second-order valence-electron chi connectivity index (χ2n) is 5.07. The minimum Gasteiger partial charge on any atom is -0.198 e. The lowest BCUT2D eigenvalue weighted by molar-refractivity contribution is 0.645. The Morgan fingerprint density at radius 3 is 2.33 bits per heavy atom. The fraction of sp³-hybridized carbons (Fsp3) is 0.500. The third kappa shape index (κ3) is 3.60. The summed E-state index contributed by atoms with van der Waals surface area (Å²) in [5, 5.41) is 18.1. The van der Waals surface area contributed by atoms with Crippen LogP contribution in [0.4, 0.5) is 0 Å². The molecule has 0 saturated heterocycles. The van der Waals surface area contributed by atoms with E-state index in [1.807, 2.05) is 6.07 Å². The monoisotopic (exact) mass is 240 g/mol. The van der Waals surface area contributed by atoms with E-state index in [9.17, 15) is 5.26 Å². The minimum absolute atomic E-state index is 0.437. The maximum Gasteiger partial charge on any atom is 0.0994 e. The van der Waals surface area contributed by atoms with E-state index in [2.05, 4.69) is 39.0 Å². The number of nitriles is 2. The SMILES string of the molecule is CCCc1cc(C#N)c(CC(C)C)cc1CC#N. The van der Waals surface area contributed by atoms with Gasteiger partial charge in [-0.1, -0.05) is 33.3 Å². The van der Waals surface area contributed by atoms with Crippen molar-refractivity contribution in [2.75, 3.05) is 0 Å². The average molecular weight is 240 g/mol. The first-order valence-corrected chi connectivity index (χ1v) is 6.54. The van der Waals surface area contributed by atoms with Crippen LogP contribution in [0.5, 0.6) is 0 Å². The summed E-state index contributed by atoms with van der Waals surface area (Å²) in [6, 6.07) is 8.55. The zero-order valence-electron chi connectivity index (χ0n) is 11.5. The van der Waals surface area contributed by atoms with Crippen LogP contribution in [0.1, 0.15) is 49.4 Å². The predicted molar refractivity (Wildman–Crippen MR) is 73.0 cm³/mol. The van der Waals surface area contributed by atoms with Crippen molar-refractivity contribution in [2.45, 2.75) is 46.5 Å². The highest BCUT2D eigenvalue weighted by Crippen LogP contribution is 2.21. The number of hydrogen-bond donors (Lipinski definition) is 0. The van der Waals surface area contributed by atoms with Crippen molar-refractivity contribution in [1.82, 2.24) is 0 Å². The van der Waals surface area contributed by atoms with E-state index in [1.165, 1.54) is 0 Å². The van der Waals surface area contributed by atoms with Gasteiger partial charge in [0, 0.05) is 0 Å². The summed E-state index contributed by atoms with van der Waals surface area (Å²) in [6.07, 6.45) is 3.31. The van der Waals surface area contributed by atoms with E-state index in [0.29, 0.717) is 12.3 Å². The predicted octanol–water partition coefficient (Wildman–Crippen LogP) is 3.78. The van der Waals surface area contributed by atoms with Gasteiger partial charge in [-0.3, -0.25) is 0 Å². The van der Waals surface area contributed by atoms with Crippen molar-refractivity contribution in [1.29, 1.82) is 10.5 Å². The van der Waals surface area contributed by atoms with Gasteiger partial charge in [0.1, 0.15) is 0 Å². The molecule has 0 aliphatic carbocycles. The Morgan fingerprint density at radius 1 is 1.11 bits per heavy atom. The summed E-state index contributed by atoms with van der Waals surface area (Å²) in [6.45, 7) is 6.40. The Hall–Kier alpha value is -1.80. The van der Waals surface area contributed by atoms with Gasteiger partial charge in [-0.25, -0.2) is 0 Å². The van der Waals surface area contributed by atoms with Crippen LogP contribution in [-0.4, -0.2) is 0 Å². The molecular weight excluding hydrogens is 220 g/mol. The molecule has 1 aromatic rings. The van der Waals surface area contributed by atoms with Gasteiger partial charge in [-0.05, 0) is 41.5 Å². The van der Waals surface area contributed by atoms with E-state index in [-0.39, 0.29) is 0 Å². The molecule has 0 radical (unpaired) electrons. The van der Waals surface area contributed by atoms with Crippen molar-refractivity contribution in [3.63, 3.8) is 0 Å². The van der Waals surface area contributed by atoms with E-state index in [0.717, 1.165) is 41.5 Å². The van der Waals surface area contributed by atoms with E-state index in [1.54, 1.807) is 0 Å². The normalized spacial score (nSPS) is 10.1. The molecule has 0 unspecified atom stereocenters. The average Bonchev–Trinajstić information content (AvgIpc) is 2.32. The first-order chi connectivity index (χ1) is 8.62. The largest absolute Gasteiger partial charge is 0.198 e. The summed E-state index contributed by atoms with van der Waals surface area (Å²) < 4.78 is 0. The Bertz CT molecular complexity index is 487. The smallest absolute Gasteiger partial charge is 0.0994 e. The highest BCUT2D eigenvalue weighted by molar-refractivity contribution is 5.46. The molecule has 18 heavy (non-hydrogen) atoms. The molecule has 94 valence electrons. The van der Waals surface area contributed by atoms with Crippen molar-refractivity contribution in [3.05, 3.63) is 34.4 Å². The first-order valence-electron chi connectivity index (χ1n) is 6.54. The van der Waals surface area contributed by atoms with Crippen LogP contribution in [0.2, 0.25) is 0 Å². The van der Waals surface area contributed by atoms with E-state index in [4.69, 9.17) is 5.26 Å². The fourth-order valence-corrected chi connectivity index (χ4v) is 2.20. The molecule has 0 saturated carbocycles. The molecule has 0 aliphatic rings. The van der Waals surface area contributed by atoms with Crippen LogP contribution in [0.15, 0.2) is 12.1 Å². The number of hydrogen-bond acceptors (Lipinski definition) is 2. The van der Waals surface area contributed by atoms with Crippen molar-refractivity contribution in [2.24, 2.45) is 5.92 Å². The quantitative estimate of drug-likeness (QED) is 0.786. The molecule has 0 atom stereocenters. The number of aryl methyl sites for hydroxylation is 1. The topological polar surface area (TPSA) is 47.6 Å². The highest BCUT2D eigenvalue weighted by atomic mass is 14.3. The van der Waals surface area contributed by atoms with Crippen molar-refractivity contribution in [3.8, 4) is 12.1 Å². The van der Waals surface area contributed by atoms with Gasteiger partial charge in [0.2, 0.25) is 0 Å². The Balaban J connectivity index is 3.24. The third-order valence-corrected chi connectivity index (χ3v) is 2.96. The summed E-state index contributed by atoms with van der Waals surface area (Å²) in [5.41, 5.74) is 4.10. The number of rotatable bonds is 5. The van der Waals surface area contributed by atoms with Crippen LogP contribution in [0.3, 0.4) is 0 Å². The fourth-order valence-electron chi connectivity index (χ4n) is 2.20. The van der Waals surface area contributed by atoms with Gasteiger partial charge in [0.25, 0.3) is 0 Å². The molecule has 0 fully saturated rings. The Kier molecular flexibility index (Phi) is 5.40. The molecule has 0 heterocycles. The zero-order chi connectivity index (χ0) is 13.5. The number of benzene rings is 1. The molecular formula is C16H20N2. The molecule has 1 aromatic carbocycles. The third-order valence-electron chi connectivity index (χ3n) is 2.96. The van der Waals surface area contributed by atoms with Crippen LogP contribution in [0.25, 0.3) is 0 Å². The van der Waals surface area contributed by atoms with Gasteiger partial charge in [0.05, 0.1) is 24.1 Å². The van der Waals surface area contributed by atoms with Crippen LogP contribution < -0.4 is 0 Å². The molecule has 2 heteroatoms.